The molecule has 0 bridgehead atoms. The van der Waals surface area contributed by atoms with Crippen LogP contribution in [-0.2, 0) is 30.7 Å². The number of hydrogen-bond acceptors (Lipinski definition) is 7. The Hall–Kier alpha value is -1.96. The van der Waals surface area contributed by atoms with Crippen molar-refractivity contribution in [1.29, 1.82) is 0 Å². The van der Waals surface area contributed by atoms with Crippen LogP contribution in [0.2, 0.25) is 0 Å². The summed E-state index contributed by atoms with van der Waals surface area (Å²) in [4.78, 5) is 38.1. The SMILES string of the molecule is CCCCCCCCCCCCCCCCCCNC(=O)OCC1(COC(=O)N(CCC[n+]2ccccc2)C(C)=O)CS(=O)(=O)C1.[I-]. The van der Waals surface area contributed by atoms with Crippen molar-refractivity contribution in [3.8, 4) is 0 Å². The molecule has 1 aliphatic rings. The molecule has 1 saturated heterocycles. The Kier molecular flexibility index (Phi) is 23.0. The highest BCUT2D eigenvalue weighted by atomic mass is 127. The number of nitrogens with one attached hydrogen (secondary N) is 1. The summed E-state index contributed by atoms with van der Waals surface area (Å²) >= 11 is 0. The highest BCUT2D eigenvalue weighted by molar-refractivity contribution is 7.92. The van der Waals surface area contributed by atoms with Gasteiger partial charge in [0.05, 0.1) is 16.9 Å². The third-order valence-corrected chi connectivity index (χ3v) is 10.6. The molecule has 2 heterocycles. The molecule has 0 saturated carbocycles. The Morgan fingerprint density at radius 2 is 1.23 bits per heavy atom. The molecule has 0 aromatic carbocycles. The molecule has 0 unspecified atom stereocenters. The smallest absolute Gasteiger partial charge is 0.416 e. The van der Waals surface area contributed by atoms with E-state index in [0.29, 0.717) is 19.5 Å². The minimum absolute atomic E-state index is 0. The minimum atomic E-state index is -3.30. The van der Waals surface area contributed by atoms with Crippen LogP contribution < -0.4 is 33.9 Å². The summed E-state index contributed by atoms with van der Waals surface area (Å²) in [7, 11) is -3.30. The fourth-order valence-electron chi connectivity index (χ4n) is 5.90. The standard InChI is InChI=1S/C35H59N3O7S.HI/c1-3-4-5-6-7-8-9-10-11-12-13-14-15-16-17-19-23-36-33(40)44-28-35(30-46(42,43)31-35)29-45-34(41)38(32(2)39)27-22-26-37-24-20-18-21-25-37;/h18,20-21,24-25H,3-17,19,22-23,26-31H2,1-2H3;1H. The van der Waals surface area contributed by atoms with Gasteiger partial charge in [0.25, 0.3) is 0 Å². The maximum Gasteiger partial charge on any atom is 0.416 e. The number of ether oxygens (including phenoxy) is 2. The van der Waals surface area contributed by atoms with Gasteiger partial charge in [-0.15, -0.1) is 0 Å². The predicted octanol–water partition coefficient (Wildman–Crippen LogP) is 3.76. The summed E-state index contributed by atoms with van der Waals surface area (Å²) in [5.74, 6) is -0.947. The average molecular weight is 794 g/mol. The summed E-state index contributed by atoms with van der Waals surface area (Å²) in [5.41, 5.74) is -1.01. The third-order valence-electron chi connectivity index (χ3n) is 8.54. The largest absolute Gasteiger partial charge is 1.00 e. The van der Waals surface area contributed by atoms with Gasteiger partial charge in [-0.3, -0.25) is 4.79 Å². The van der Waals surface area contributed by atoms with Gasteiger partial charge in [-0.05, 0) is 6.42 Å². The number of sulfone groups is 1. The molecule has 1 N–H and O–H groups in total. The van der Waals surface area contributed by atoms with Crippen molar-refractivity contribution in [3.63, 3.8) is 0 Å². The molecule has 1 aliphatic heterocycles. The van der Waals surface area contributed by atoms with E-state index in [1.54, 1.807) is 0 Å². The number of rotatable bonds is 25. The number of aryl methyl sites for hydroxylation is 1. The van der Waals surface area contributed by atoms with E-state index in [9.17, 15) is 22.8 Å². The molecule has 270 valence electrons. The summed E-state index contributed by atoms with van der Waals surface area (Å²) in [6, 6.07) is 5.70. The van der Waals surface area contributed by atoms with E-state index in [-0.39, 0.29) is 55.2 Å². The molecule has 0 radical (unpaired) electrons. The highest BCUT2D eigenvalue weighted by Gasteiger charge is 2.51. The zero-order chi connectivity index (χ0) is 33.5. The summed E-state index contributed by atoms with van der Waals surface area (Å²) in [5, 5.41) is 2.74. The topological polar surface area (TPSA) is 123 Å². The summed E-state index contributed by atoms with van der Waals surface area (Å²) in [6.45, 7) is 4.38. The lowest BCUT2D eigenvalue weighted by Crippen LogP contribution is -3.00. The maximum atomic E-state index is 12.7. The number of aromatic nitrogens is 1. The molecule has 10 nitrogen and oxygen atoms in total. The van der Waals surface area contributed by atoms with Gasteiger partial charge < -0.3 is 38.8 Å². The number of nitrogens with zero attached hydrogens (tertiary/aromatic N) is 2. The Bertz CT molecular complexity index is 1110. The number of unbranched alkanes of at least 4 members (excludes halogenated alkanes) is 15. The second kappa shape index (κ2) is 25.1. The fraction of sp³-hybridized carbons (Fsp3) is 0.771. The number of hydrogen-bond donors (Lipinski definition) is 1. The number of alkyl carbamates (subject to hydrolysis) is 1. The Morgan fingerprint density at radius 3 is 1.72 bits per heavy atom. The molecule has 0 atom stereocenters. The molecule has 1 fully saturated rings. The van der Waals surface area contributed by atoms with Crippen molar-refractivity contribution in [3.05, 3.63) is 30.6 Å². The van der Waals surface area contributed by atoms with Gasteiger partial charge >= 0.3 is 12.2 Å². The molecule has 12 heteroatoms. The zero-order valence-corrected chi connectivity index (χ0v) is 31.9. The van der Waals surface area contributed by atoms with Gasteiger partial charge in [0.15, 0.2) is 22.2 Å². The molecule has 3 amide bonds. The summed E-state index contributed by atoms with van der Waals surface area (Å²) in [6.07, 6.45) is 23.4. The van der Waals surface area contributed by atoms with Gasteiger partial charge in [0.1, 0.15) is 19.8 Å². The van der Waals surface area contributed by atoms with Crippen LogP contribution in [0.5, 0.6) is 0 Å². The van der Waals surface area contributed by atoms with Crippen molar-refractivity contribution in [2.24, 2.45) is 5.41 Å². The van der Waals surface area contributed by atoms with Gasteiger partial charge in [-0.25, -0.2) is 27.5 Å². The molecule has 1 aromatic rings. The molecule has 1 aromatic heterocycles. The Balaban J connectivity index is 0.0000110. The Labute approximate surface area is 301 Å². The maximum absolute atomic E-state index is 12.7. The lowest BCUT2D eigenvalue weighted by Gasteiger charge is -2.39. The molecular formula is C35H60IN3O7S. The van der Waals surface area contributed by atoms with E-state index < -0.39 is 33.3 Å². The normalized spacial score (nSPS) is 14.3. The van der Waals surface area contributed by atoms with Crippen LogP contribution in [0, 0.1) is 5.41 Å². The second-order valence-electron chi connectivity index (χ2n) is 13.0. The van der Waals surface area contributed by atoms with Crippen LogP contribution in [0.15, 0.2) is 30.6 Å². The molecule has 47 heavy (non-hydrogen) atoms. The number of pyridine rings is 1. The highest BCUT2D eigenvalue weighted by Crippen LogP contribution is 2.34. The first-order chi connectivity index (χ1) is 22.2. The minimum Gasteiger partial charge on any atom is -1.00 e. The zero-order valence-electron chi connectivity index (χ0n) is 28.9. The van der Waals surface area contributed by atoms with E-state index in [1.165, 1.54) is 90.4 Å². The third kappa shape index (κ3) is 19.6. The van der Waals surface area contributed by atoms with E-state index >= 15 is 0 Å². The lowest BCUT2D eigenvalue weighted by atomic mass is 9.94. The number of carbonyl (C=O) groups is 3. The quantitative estimate of drug-likeness (QED) is 0.0910. The number of carbonyl (C=O) groups excluding carboxylic acids is 3. The van der Waals surface area contributed by atoms with Gasteiger partial charge in [-0.2, -0.15) is 0 Å². The van der Waals surface area contributed by atoms with Gasteiger partial charge in [0.2, 0.25) is 5.91 Å². The molecule has 0 aliphatic carbocycles. The molecular weight excluding hydrogens is 733 g/mol. The van der Waals surface area contributed by atoms with E-state index in [1.807, 2.05) is 35.2 Å². The first kappa shape index (κ1) is 43.1. The van der Waals surface area contributed by atoms with E-state index in [2.05, 4.69) is 12.2 Å². The van der Waals surface area contributed by atoms with Crippen LogP contribution in [0.3, 0.4) is 0 Å². The van der Waals surface area contributed by atoms with Crippen LogP contribution in [0.1, 0.15) is 123 Å². The molecule has 0 spiro atoms. The number of imide groups is 1. The fourth-order valence-corrected chi connectivity index (χ4v) is 8.01. The van der Waals surface area contributed by atoms with E-state index in [4.69, 9.17) is 9.47 Å². The average Bonchev–Trinajstić information content (AvgIpc) is 3.01. The van der Waals surface area contributed by atoms with Gasteiger partial charge in [0, 0.05) is 38.6 Å². The summed E-state index contributed by atoms with van der Waals surface area (Å²) < 4.78 is 36.6. The van der Waals surface area contributed by atoms with Gasteiger partial charge in [-0.1, -0.05) is 109 Å². The first-order valence-electron chi connectivity index (χ1n) is 17.7. The molecule has 2 rings (SSSR count). The first-order valence-corrected chi connectivity index (χ1v) is 19.5. The van der Waals surface area contributed by atoms with Crippen molar-refractivity contribution in [2.75, 3.05) is 37.8 Å². The monoisotopic (exact) mass is 793 g/mol. The van der Waals surface area contributed by atoms with Crippen LogP contribution in [0.25, 0.3) is 0 Å². The van der Waals surface area contributed by atoms with Crippen LogP contribution >= 0.6 is 0 Å². The van der Waals surface area contributed by atoms with Crippen molar-refractivity contribution < 1.29 is 60.8 Å². The number of halogens is 1. The van der Waals surface area contributed by atoms with Crippen molar-refractivity contribution >= 4 is 27.9 Å². The second-order valence-corrected chi connectivity index (χ2v) is 15.1. The predicted molar refractivity (Wildman–Crippen MR) is 180 cm³/mol. The van der Waals surface area contributed by atoms with E-state index in [0.717, 1.165) is 24.2 Å². The van der Waals surface area contributed by atoms with Crippen LogP contribution in [0.4, 0.5) is 9.59 Å². The van der Waals surface area contributed by atoms with Crippen LogP contribution in [-0.4, -0.2) is 69.2 Å². The van der Waals surface area contributed by atoms with Crippen molar-refractivity contribution in [1.82, 2.24) is 10.2 Å². The number of amides is 3. The lowest BCUT2D eigenvalue weighted by molar-refractivity contribution is -0.697. The Morgan fingerprint density at radius 1 is 0.745 bits per heavy atom. The van der Waals surface area contributed by atoms with Crippen molar-refractivity contribution in [2.45, 2.75) is 130 Å².